The Morgan fingerprint density at radius 2 is 2.03 bits per heavy atom. The van der Waals surface area contributed by atoms with Gasteiger partial charge in [0.05, 0.1) is 29.4 Å². The predicted octanol–water partition coefficient (Wildman–Crippen LogP) is 2.66. The summed E-state index contributed by atoms with van der Waals surface area (Å²) in [6.07, 6.45) is 3.65. The minimum atomic E-state index is -0.392. The molecule has 190 valence electrons. The number of hydrogen-bond donors (Lipinski definition) is 0. The lowest BCUT2D eigenvalue weighted by Gasteiger charge is -2.50. The molecule has 10 nitrogen and oxygen atoms in total. The zero-order chi connectivity index (χ0) is 25.2. The molecule has 0 N–H and O–H groups in total. The van der Waals surface area contributed by atoms with E-state index in [0.29, 0.717) is 45.6 Å². The number of nitrogens with zero attached hydrogens (tertiary/aromatic N) is 5. The summed E-state index contributed by atoms with van der Waals surface area (Å²) in [4.78, 5) is 48.2. The zero-order valence-electron chi connectivity index (χ0n) is 20.4. The number of anilines is 2. The van der Waals surface area contributed by atoms with Crippen molar-refractivity contribution in [3.05, 3.63) is 58.3 Å². The first-order valence-electron chi connectivity index (χ1n) is 12.6. The number of carbonyl (C=O) groups is 2. The number of likely N-dealkylation sites (tertiary alicyclic amines) is 1. The fourth-order valence-electron chi connectivity index (χ4n) is 5.82. The molecule has 2 saturated heterocycles. The number of nitro benzene ring substituents is 1. The van der Waals surface area contributed by atoms with E-state index in [4.69, 9.17) is 4.74 Å². The summed E-state index contributed by atoms with van der Waals surface area (Å²) in [6.45, 7) is 5.10. The van der Waals surface area contributed by atoms with Gasteiger partial charge in [-0.25, -0.2) is 4.98 Å². The number of benzene rings is 1. The standard InChI is InChI=1S/C26H31N5O5/c1-2-36-26(33)18-6-5-11-29(16-18)25(32)21-15-19-14-20(31(34)35)8-9-22(19)30-13-12-28(17-23(21)30)24-7-3-4-10-27-24/h3-4,7-10,14,18,21,23H,2,5-6,11-13,15-17H2,1H3. The van der Waals surface area contributed by atoms with Crippen molar-refractivity contribution >= 4 is 29.1 Å². The summed E-state index contributed by atoms with van der Waals surface area (Å²) in [5.74, 6) is -0.0727. The molecule has 36 heavy (non-hydrogen) atoms. The summed E-state index contributed by atoms with van der Waals surface area (Å²) >= 11 is 0. The van der Waals surface area contributed by atoms with Crippen LogP contribution in [0.1, 0.15) is 25.3 Å². The lowest BCUT2D eigenvalue weighted by atomic mass is 9.82. The molecular formula is C26H31N5O5. The van der Waals surface area contributed by atoms with Gasteiger partial charge in [-0.2, -0.15) is 0 Å². The van der Waals surface area contributed by atoms with Gasteiger partial charge in [-0.05, 0) is 49.9 Å². The lowest BCUT2D eigenvalue weighted by molar-refractivity contribution is -0.384. The number of piperidine rings is 1. The molecule has 3 aliphatic heterocycles. The highest BCUT2D eigenvalue weighted by atomic mass is 16.6. The van der Waals surface area contributed by atoms with Crippen LogP contribution < -0.4 is 9.80 Å². The number of nitro groups is 1. The average molecular weight is 494 g/mol. The van der Waals surface area contributed by atoms with Gasteiger partial charge in [-0.15, -0.1) is 0 Å². The third kappa shape index (κ3) is 4.59. The van der Waals surface area contributed by atoms with Crippen molar-refractivity contribution in [1.29, 1.82) is 0 Å². The van der Waals surface area contributed by atoms with Crippen LogP contribution in [-0.2, 0) is 20.7 Å². The van der Waals surface area contributed by atoms with Gasteiger partial charge in [0, 0.05) is 56.7 Å². The second kappa shape index (κ2) is 10.1. The van der Waals surface area contributed by atoms with Gasteiger partial charge >= 0.3 is 5.97 Å². The van der Waals surface area contributed by atoms with Crippen LogP contribution in [-0.4, -0.2) is 72.1 Å². The molecule has 3 unspecified atom stereocenters. The van der Waals surface area contributed by atoms with Crippen LogP contribution in [0.5, 0.6) is 0 Å². The lowest BCUT2D eigenvalue weighted by Crippen LogP contribution is -2.62. The smallest absolute Gasteiger partial charge is 0.310 e. The number of pyridine rings is 1. The quantitative estimate of drug-likeness (QED) is 0.355. The summed E-state index contributed by atoms with van der Waals surface area (Å²) in [5, 5.41) is 11.4. The topological polar surface area (TPSA) is 109 Å². The van der Waals surface area contributed by atoms with Gasteiger partial charge in [0.1, 0.15) is 5.82 Å². The number of piperazine rings is 1. The van der Waals surface area contributed by atoms with Crippen LogP contribution in [0.3, 0.4) is 0 Å². The Hall–Kier alpha value is -3.69. The number of hydrogen-bond acceptors (Lipinski definition) is 8. The molecule has 1 amide bonds. The molecule has 2 aromatic rings. The van der Waals surface area contributed by atoms with E-state index in [1.165, 1.54) is 6.07 Å². The van der Waals surface area contributed by atoms with Crippen molar-refractivity contribution in [3.8, 4) is 0 Å². The van der Waals surface area contributed by atoms with Crippen molar-refractivity contribution in [3.63, 3.8) is 0 Å². The van der Waals surface area contributed by atoms with Crippen LogP contribution in [0, 0.1) is 22.0 Å². The fraction of sp³-hybridized carbons (Fsp3) is 0.500. The molecule has 3 aliphatic rings. The molecular weight excluding hydrogens is 462 g/mol. The molecule has 10 heteroatoms. The molecule has 1 aromatic heterocycles. The molecule has 0 saturated carbocycles. The molecule has 1 aromatic carbocycles. The van der Waals surface area contributed by atoms with Crippen molar-refractivity contribution in [2.24, 2.45) is 11.8 Å². The molecule has 2 fully saturated rings. The Kier molecular flexibility index (Phi) is 6.75. The largest absolute Gasteiger partial charge is 0.466 e. The van der Waals surface area contributed by atoms with Crippen molar-refractivity contribution < 1.29 is 19.2 Å². The van der Waals surface area contributed by atoms with Crippen LogP contribution in [0.2, 0.25) is 0 Å². The molecule has 5 rings (SSSR count). The van der Waals surface area contributed by atoms with Gasteiger partial charge in [-0.1, -0.05) is 6.07 Å². The van der Waals surface area contributed by atoms with E-state index in [1.807, 2.05) is 24.3 Å². The van der Waals surface area contributed by atoms with Gasteiger partial charge < -0.3 is 19.4 Å². The molecule has 0 spiro atoms. The van der Waals surface area contributed by atoms with Crippen LogP contribution >= 0.6 is 0 Å². The second-order valence-electron chi connectivity index (χ2n) is 9.65. The van der Waals surface area contributed by atoms with E-state index in [-0.39, 0.29) is 35.4 Å². The van der Waals surface area contributed by atoms with Crippen LogP contribution in [0.4, 0.5) is 17.2 Å². The maximum atomic E-state index is 14.0. The number of ether oxygens (including phenoxy) is 1. The summed E-state index contributed by atoms with van der Waals surface area (Å²) in [7, 11) is 0. The van der Waals surface area contributed by atoms with Crippen molar-refractivity contribution in [1.82, 2.24) is 9.88 Å². The normalized spacial score (nSPS) is 23.5. The Morgan fingerprint density at radius 1 is 1.17 bits per heavy atom. The van der Waals surface area contributed by atoms with E-state index in [1.54, 1.807) is 24.1 Å². The fourth-order valence-corrected chi connectivity index (χ4v) is 5.82. The molecule has 4 heterocycles. The van der Waals surface area contributed by atoms with Gasteiger partial charge in [0.15, 0.2) is 0 Å². The highest BCUT2D eigenvalue weighted by Crippen LogP contribution is 2.39. The van der Waals surface area contributed by atoms with E-state index in [2.05, 4.69) is 14.8 Å². The van der Waals surface area contributed by atoms with Crippen molar-refractivity contribution in [2.75, 3.05) is 49.1 Å². The summed E-state index contributed by atoms with van der Waals surface area (Å²) in [5.41, 5.74) is 1.81. The average Bonchev–Trinajstić information content (AvgIpc) is 2.92. The van der Waals surface area contributed by atoms with Gasteiger partial charge in [-0.3, -0.25) is 19.7 Å². The van der Waals surface area contributed by atoms with E-state index in [0.717, 1.165) is 30.0 Å². The molecule has 3 atom stereocenters. The molecule has 0 aliphatic carbocycles. The number of rotatable bonds is 5. The first-order valence-corrected chi connectivity index (χ1v) is 12.6. The molecule has 0 radical (unpaired) electrons. The third-order valence-electron chi connectivity index (χ3n) is 7.55. The minimum Gasteiger partial charge on any atom is -0.466 e. The number of carbonyl (C=O) groups excluding carboxylic acids is 2. The SMILES string of the molecule is CCOC(=O)C1CCCN(C(=O)C2Cc3cc([N+](=O)[O-])ccc3N3CCN(c4ccccn4)CC23)C1. The Labute approximate surface area is 210 Å². The second-order valence-corrected chi connectivity index (χ2v) is 9.65. The maximum absolute atomic E-state index is 14.0. The first kappa shape index (κ1) is 24.0. The van der Waals surface area contributed by atoms with E-state index >= 15 is 0 Å². The van der Waals surface area contributed by atoms with Gasteiger partial charge in [0.25, 0.3) is 5.69 Å². The Balaban J connectivity index is 1.44. The minimum absolute atomic E-state index is 0.000902. The number of esters is 1. The summed E-state index contributed by atoms with van der Waals surface area (Å²) in [6, 6.07) is 10.7. The van der Waals surface area contributed by atoms with Crippen molar-refractivity contribution in [2.45, 2.75) is 32.2 Å². The number of non-ortho nitro benzene ring substituents is 1. The number of amides is 1. The Morgan fingerprint density at radius 3 is 2.78 bits per heavy atom. The Bertz CT molecular complexity index is 1140. The third-order valence-corrected chi connectivity index (χ3v) is 7.55. The predicted molar refractivity (Wildman–Crippen MR) is 134 cm³/mol. The van der Waals surface area contributed by atoms with Crippen LogP contribution in [0.25, 0.3) is 0 Å². The monoisotopic (exact) mass is 493 g/mol. The number of fused-ring (bicyclic) bond motifs is 3. The van der Waals surface area contributed by atoms with Gasteiger partial charge in [0.2, 0.25) is 5.91 Å². The highest BCUT2D eigenvalue weighted by Gasteiger charge is 2.44. The summed E-state index contributed by atoms with van der Waals surface area (Å²) < 4.78 is 5.22. The highest BCUT2D eigenvalue weighted by molar-refractivity contribution is 5.84. The van der Waals surface area contributed by atoms with E-state index in [9.17, 15) is 19.7 Å². The maximum Gasteiger partial charge on any atom is 0.310 e. The molecule has 0 bridgehead atoms. The first-order chi connectivity index (χ1) is 17.5. The zero-order valence-corrected chi connectivity index (χ0v) is 20.4. The number of aromatic nitrogens is 1. The van der Waals surface area contributed by atoms with E-state index < -0.39 is 4.92 Å². The van der Waals surface area contributed by atoms with Crippen LogP contribution in [0.15, 0.2) is 42.6 Å².